The summed E-state index contributed by atoms with van der Waals surface area (Å²) in [7, 11) is 0. The predicted octanol–water partition coefficient (Wildman–Crippen LogP) is 5.37. The topological polar surface area (TPSA) is 80.2 Å². The fourth-order valence-electron chi connectivity index (χ4n) is 3.91. The Morgan fingerprint density at radius 2 is 2.03 bits per heavy atom. The lowest BCUT2D eigenvalue weighted by Gasteiger charge is -2.29. The first-order valence-electron chi connectivity index (χ1n) is 11.5. The average Bonchev–Trinajstić information content (AvgIpc) is 3.14. The number of nitrogens with one attached hydrogen (secondary N) is 1. The second kappa shape index (κ2) is 10.4. The van der Waals surface area contributed by atoms with E-state index in [2.05, 4.69) is 27.1 Å². The lowest BCUT2D eigenvalue weighted by atomic mass is 9.99. The van der Waals surface area contributed by atoms with Crippen molar-refractivity contribution < 1.29 is 9.53 Å². The van der Waals surface area contributed by atoms with Crippen molar-refractivity contribution in [1.82, 2.24) is 19.9 Å². The summed E-state index contributed by atoms with van der Waals surface area (Å²) in [5.41, 5.74) is 3.32. The van der Waals surface area contributed by atoms with Crippen LogP contribution in [0.4, 0.5) is 10.9 Å². The number of rotatable bonds is 7. The summed E-state index contributed by atoms with van der Waals surface area (Å²) >= 11 is 1.61. The number of carbonyl (C=O) groups excluding carboxylic acids is 1. The molecule has 1 aliphatic heterocycles. The van der Waals surface area contributed by atoms with Gasteiger partial charge in [-0.15, -0.1) is 11.3 Å². The largest absolute Gasteiger partial charge is 0.462 e. The maximum absolute atomic E-state index is 12.6. The van der Waals surface area contributed by atoms with E-state index in [1.54, 1.807) is 18.3 Å². The molecule has 0 saturated carbocycles. The predicted molar refractivity (Wildman–Crippen MR) is 132 cm³/mol. The summed E-state index contributed by atoms with van der Waals surface area (Å²) in [6.07, 6.45) is 4.02. The number of esters is 1. The van der Waals surface area contributed by atoms with Crippen molar-refractivity contribution in [2.75, 3.05) is 25.0 Å². The van der Waals surface area contributed by atoms with Gasteiger partial charge in [0.1, 0.15) is 5.56 Å². The molecular formula is C25H31N5O2S. The van der Waals surface area contributed by atoms with Gasteiger partial charge in [0.2, 0.25) is 0 Å². The van der Waals surface area contributed by atoms with Crippen LogP contribution in [0.25, 0.3) is 11.4 Å². The van der Waals surface area contributed by atoms with Crippen molar-refractivity contribution in [2.45, 2.75) is 47.1 Å². The van der Waals surface area contributed by atoms with Gasteiger partial charge in [0, 0.05) is 23.2 Å². The molecule has 33 heavy (non-hydrogen) atoms. The van der Waals surface area contributed by atoms with E-state index in [0.717, 1.165) is 42.4 Å². The number of ether oxygens (including phenoxy) is 1. The Kier molecular flexibility index (Phi) is 7.35. The summed E-state index contributed by atoms with van der Waals surface area (Å²) in [6.45, 7) is 11.6. The third-order valence-corrected chi connectivity index (χ3v) is 6.98. The maximum atomic E-state index is 12.6. The number of likely N-dealkylation sites (tertiary alicyclic amines) is 1. The standard InChI is InChI=1S/C25H31N5O2S/c1-5-32-24(31)20-14-26-22(19-8-6-7-17(3)13-19)28-23(20)29-25-27-18(4)21(33-25)15-30-11-9-16(2)10-12-30/h6-8,13-14,16H,5,9-12,15H2,1-4H3,(H,26,27,28,29). The van der Waals surface area contributed by atoms with E-state index < -0.39 is 5.97 Å². The van der Waals surface area contributed by atoms with Crippen molar-refractivity contribution in [3.8, 4) is 11.4 Å². The molecule has 1 fully saturated rings. The molecule has 174 valence electrons. The molecule has 0 bridgehead atoms. The van der Waals surface area contributed by atoms with E-state index in [1.165, 1.54) is 23.9 Å². The number of nitrogens with zero attached hydrogens (tertiary/aromatic N) is 4. The minimum Gasteiger partial charge on any atom is -0.462 e. The zero-order valence-electron chi connectivity index (χ0n) is 19.7. The minimum absolute atomic E-state index is 0.285. The number of aromatic nitrogens is 3. The van der Waals surface area contributed by atoms with Gasteiger partial charge in [0.25, 0.3) is 0 Å². The van der Waals surface area contributed by atoms with Crippen LogP contribution in [0, 0.1) is 19.8 Å². The Balaban J connectivity index is 1.60. The highest BCUT2D eigenvalue weighted by molar-refractivity contribution is 7.15. The van der Waals surface area contributed by atoms with Crippen LogP contribution in [0.2, 0.25) is 0 Å². The first-order chi connectivity index (χ1) is 15.9. The van der Waals surface area contributed by atoms with Gasteiger partial charge < -0.3 is 10.1 Å². The highest BCUT2D eigenvalue weighted by atomic mass is 32.1. The highest BCUT2D eigenvalue weighted by Gasteiger charge is 2.21. The first kappa shape index (κ1) is 23.3. The third-order valence-electron chi connectivity index (χ3n) is 5.92. The fraction of sp³-hybridized carbons (Fsp3) is 0.440. The van der Waals surface area contributed by atoms with Crippen LogP contribution in [0.1, 0.15) is 53.2 Å². The Labute approximate surface area is 199 Å². The SMILES string of the molecule is CCOC(=O)c1cnc(-c2cccc(C)c2)nc1Nc1nc(C)c(CN2CCC(C)CC2)s1. The van der Waals surface area contributed by atoms with Gasteiger partial charge >= 0.3 is 5.97 Å². The molecule has 1 aliphatic rings. The van der Waals surface area contributed by atoms with Gasteiger partial charge in [-0.05, 0) is 58.7 Å². The van der Waals surface area contributed by atoms with Crippen molar-refractivity contribution >= 4 is 28.3 Å². The molecule has 0 aliphatic carbocycles. The van der Waals surface area contributed by atoms with E-state index in [1.807, 2.05) is 38.1 Å². The van der Waals surface area contributed by atoms with E-state index in [4.69, 9.17) is 9.72 Å². The number of benzene rings is 1. The van der Waals surface area contributed by atoms with E-state index in [0.29, 0.717) is 22.3 Å². The Morgan fingerprint density at radius 3 is 2.76 bits per heavy atom. The summed E-state index contributed by atoms with van der Waals surface area (Å²) in [4.78, 5) is 30.1. The molecule has 1 N–H and O–H groups in total. The second-order valence-corrected chi connectivity index (χ2v) is 9.74. The molecule has 1 aromatic carbocycles. The number of carbonyl (C=O) groups is 1. The number of anilines is 2. The van der Waals surface area contributed by atoms with Crippen LogP contribution < -0.4 is 5.32 Å². The summed E-state index contributed by atoms with van der Waals surface area (Å²) in [6, 6.07) is 7.98. The normalized spacial score (nSPS) is 14.9. The number of thiazole rings is 1. The first-order valence-corrected chi connectivity index (χ1v) is 12.3. The molecule has 0 radical (unpaired) electrons. The zero-order chi connectivity index (χ0) is 23.4. The van der Waals surface area contributed by atoms with E-state index >= 15 is 0 Å². The smallest absolute Gasteiger partial charge is 0.343 e. The highest BCUT2D eigenvalue weighted by Crippen LogP contribution is 2.30. The number of aryl methyl sites for hydroxylation is 2. The number of hydrogen-bond donors (Lipinski definition) is 1. The monoisotopic (exact) mass is 465 g/mol. The van der Waals surface area contributed by atoms with E-state index in [-0.39, 0.29) is 6.61 Å². The van der Waals surface area contributed by atoms with Crippen LogP contribution >= 0.6 is 11.3 Å². The maximum Gasteiger partial charge on any atom is 0.343 e. The Hall–Kier alpha value is -2.84. The molecule has 0 atom stereocenters. The zero-order valence-corrected chi connectivity index (χ0v) is 20.5. The van der Waals surface area contributed by atoms with Gasteiger partial charge in [-0.1, -0.05) is 30.7 Å². The van der Waals surface area contributed by atoms with Crippen molar-refractivity contribution in [1.29, 1.82) is 0 Å². The van der Waals surface area contributed by atoms with E-state index in [9.17, 15) is 4.79 Å². The van der Waals surface area contributed by atoms with Crippen LogP contribution in [-0.4, -0.2) is 45.5 Å². The quantitative estimate of drug-likeness (QED) is 0.470. The van der Waals surface area contributed by atoms with Gasteiger partial charge in [0.05, 0.1) is 12.3 Å². The number of hydrogen-bond acceptors (Lipinski definition) is 8. The van der Waals surface area contributed by atoms with Crippen molar-refractivity contribution in [3.05, 3.63) is 52.2 Å². The van der Waals surface area contributed by atoms with Crippen LogP contribution in [0.5, 0.6) is 0 Å². The second-order valence-electron chi connectivity index (χ2n) is 8.66. The van der Waals surface area contributed by atoms with Crippen molar-refractivity contribution in [2.24, 2.45) is 5.92 Å². The Bertz CT molecular complexity index is 1120. The fourth-order valence-corrected chi connectivity index (χ4v) is 4.92. The lowest BCUT2D eigenvalue weighted by molar-refractivity contribution is 0.0526. The Morgan fingerprint density at radius 1 is 1.24 bits per heavy atom. The minimum atomic E-state index is -0.452. The van der Waals surface area contributed by atoms with Gasteiger partial charge in [-0.25, -0.2) is 19.7 Å². The van der Waals surface area contributed by atoms with Crippen LogP contribution in [-0.2, 0) is 11.3 Å². The molecule has 1 saturated heterocycles. The van der Waals surface area contributed by atoms with Crippen molar-refractivity contribution in [3.63, 3.8) is 0 Å². The molecule has 4 rings (SSSR count). The van der Waals surface area contributed by atoms with Gasteiger partial charge in [0.15, 0.2) is 16.8 Å². The van der Waals surface area contributed by atoms with Crippen LogP contribution in [0.3, 0.4) is 0 Å². The average molecular weight is 466 g/mol. The molecule has 0 spiro atoms. The molecular weight excluding hydrogens is 434 g/mol. The third kappa shape index (κ3) is 5.75. The molecule has 7 nitrogen and oxygen atoms in total. The van der Waals surface area contributed by atoms with Gasteiger partial charge in [-0.2, -0.15) is 0 Å². The molecule has 2 aromatic heterocycles. The lowest BCUT2D eigenvalue weighted by Crippen LogP contribution is -2.32. The number of piperidine rings is 1. The summed E-state index contributed by atoms with van der Waals surface area (Å²) < 4.78 is 5.23. The van der Waals surface area contributed by atoms with Gasteiger partial charge in [-0.3, -0.25) is 4.90 Å². The molecule has 8 heteroatoms. The summed E-state index contributed by atoms with van der Waals surface area (Å²) in [5.74, 6) is 1.31. The summed E-state index contributed by atoms with van der Waals surface area (Å²) in [5, 5.41) is 3.99. The van der Waals surface area contributed by atoms with Crippen LogP contribution in [0.15, 0.2) is 30.5 Å². The molecule has 3 aromatic rings. The molecule has 3 heterocycles. The molecule has 0 amide bonds. The molecule has 0 unspecified atom stereocenters.